The lowest BCUT2D eigenvalue weighted by atomic mass is 10.1. The van der Waals surface area contributed by atoms with Crippen molar-refractivity contribution < 1.29 is 19.1 Å². The summed E-state index contributed by atoms with van der Waals surface area (Å²) < 4.78 is 13.1. The fourth-order valence-corrected chi connectivity index (χ4v) is 3.18. The SMILES string of the molecule is COc1cc(Br)cc2cc3c(=O)n(-c4ccc(C(=O)O)cc4)nc-3oc12. The molecule has 0 fully saturated rings. The summed E-state index contributed by atoms with van der Waals surface area (Å²) in [5, 5.41) is 13.9. The van der Waals surface area contributed by atoms with E-state index in [0.29, 0.717) is 28.0 Å². The maximum absolute atomic E-state index is 12.7. The second kappa shape index (κ2) is 5.99. The van der Waals surface area contributed by atoms with E-state index >= 15 is 0 Å². The standard InChI is InChI=1S/C18H11BrN2O5/c1-25-14-8-11(19)6-10-7-13-16(26-15(10)14)20-21(17(13)22)12-4-2-9(3-5-12)18(23)24/h2-8H,1H3,(H,23,24). The van der Waals surface area contributed by atoms with Crippen LogP contribution >= 0.6 is 15.9 Å². The average Bonchev–Trinajstić information content (AvgIpc) is 2.95. The monoisotopic (exact) mass is 414 g/mol. The Bertz CT molecular complexity index is 1180. The minimum absolute atomic E-state index is 0.128. The van der Waals surface area contributed by atoms with Crippen LogP contribution in [-0.4, -0.2) is 28.0 Å². The molecule has 0 saturated carbocycles. The first kappa shape index (κ1) is 16.3. The van der Waals surface area contributed by atoms with Gasteiger partial charge >= 0.3 is 5.97 Å². The first-order chi connectivity index (χ1) is 12.5. The maximum atomic E-state index is 12.7. The molecule has 0 saturated heterocycles. The molecule has 0 bridgehead atoms. The van der Waals surface area contributed by atoms with Crippen LogP contribution in [0.2, 0.25) is 0 Å². The molecule has 130 valence electrons. The average molecular weight is 415 g/mol. The summed E-state index contributed by atoms with van der Waals surface area (Å²) in [6, 6.07) is 11.1. The van der Waals surface area contributed by atoms with Crippen LogP contribution in [0.3, 0.4) is 0 Å². The number of rotatable bonds is 3. The van der Waals surface area contributed by atoms with E-state index < -0.39 is 5.97 Å². The third-order valence-electron chi connectivity index (χ3n) is 3.97. The normalized spacial score (nSPS) is 11.2. The van der Waals surface area contributed by atoms with E-state index in [0.717, 1.165) is 4.47 Å². The number of ether oxygens (including phenoxy) is 1. The maximum Gasteiger partial charge on any atom is 0.335 e. The number of aromatic carboxylic acids is 1. The van der Waals surface area contributed by atoms with Gasteiger partial charge < -0.3 is 14.3 Å². The second-order valence-corrected chi connectivity index (χ2v) is 6.48. The van der Waals surface area contributed by atoms with Crippen LogP contribution in [0.5, 0.6) is 5.75 Å². The van der Waals surface area contributed by atoms with Gasteiger partial charge in [0.1, 0.15) is 5.56 Å². The molecule has 0 amide bonds. The topological polar surface area (TPSA) is 94.6 Å². The molecule has 0 aromatic heterocycles. The Morgan fingerprint density at radius 3 is 2.62 bits per heavy atom. The molecule has 1 N–H and O–H groups in total. The van der Waals surface area contributed by atoms with Gasteiger partial charge in [-0.25, -0.2) is 4.79 Å². The molecule has 2 aromatic carbocycles. The molecule has 0 spiro atoms. The highest BCUT2D eigenvalue weighted by Crippen LogP contribution is 2.34. The Labute approximate surface area is 154 Å². The quantitative estimate of drug-likeness (QED) is 0.550. The number of carboxylic acids is 1. The molecular formula is C18H11BrN2O5. The number of methoxy groups -OCH3 is 1. The molecule has 7 nitrogen and oxygen atoms in total. The Kier molecular flexibility index (Phi) is 3.77. The number of hydrogen-bond donors (Lipinski definition) is 1. The van der Waals surface area contributed by atoms with Crippen molar-refractivity contribution in [3.8, 4) is 22.9 Å². The van der Waals surface area contributed by atoms with E-state index in [1.165, 1.54) is 36.1 Å². The molecule has 4 rings (SSSR count). The second-order valence-electron chi connectivity index (χ2n) is 5.56. The summed E-state index contributed by atoms with van der Waals surface area (Å²) >= 11 is 3.40. The smallest absolute Gasteiger partial charge is 0.335 e. The van der Waals surface area contributed by atoms with Gasteiger partial charge in [-0.1, -0.05) is 15.9 Å². The van der Waals surface area contributed by atoms with E-state index in [1.807, 2.05) is 6.07 Å². The first-order valence-corrected chi connectivity index (χ1v) is 8.31. The lowest BCUT2D eigenvalue weighted by Gasteiger charge is -2.06. The Hall–Kier alpha value is -3.13. The number of hydrogen-bond acceptors (Lipinski definition) is 5. The minimum atomic E-state index is -1.04. The van der Waals surface area contributed by atoms with Crippen LogP contribution in [0, 0.1) is 0 Å². The Morgan fingerprint density at radius 1 is 1.23 bits per heavy atom. The fourth-order valence-electron chi connectivity index (χ4n) is 2.72. The highest BCUT2D eigenvalue weighted by Gasteiger charge is 2.21. The molecule has 2 aliphatic rings. The lowest BCUT2D eigenvalue weighted by molar-refractivity contribution is 0.0697. The summed E-state index contributed by atoms with van der Waals surface area (Å²) in [4.78, 5) is 23.7. The highest BCUT2D eigenvalue weighted by molar-refractivity contribution is 9.10. The minimum Gasteiger partial charge on any atom is -0.493 e. The zero-order valence-corrected chi connectivity index (χ0v) is 15.0. The third kappa shape index (κ3) is 2.55. The van der Waals surface area contributed by atoms with Crippen LogP contribution < -0.4 is 10.3 Å². The number of fused-ring (bicyclic) bond motifs is 2. The summed E-state index contributed by atoms with van der Waals surface area (Å²) in [7, 11) is 1.53. The molecule has 0 radical (unpaired) electrons. The number of nitrogens with zero attached hydrogens (tertiary/aromatic N) is 2. The van der Waals surface area contributed by atoms with Gasteiger partial charge in [0.25, 0.3) is 5.56 Å². The lowest BCUT2D eigenvalue weighted by Crippen LogP contribution is -2.14. The van der Waals surface area contributed by atoms with Crippen molar-refractivity contribution in [2.75, 3.05) is 7.11 Å². The Balaban J connectivity index is 1.94. The van der Waals surface area contributed by atoms with Gasteiger partial charge in [-0.2, -0.15) is 4.68 Å². The number of aromatic nitrogens is 2. The number of benzene rings is 2. The fraction of sp³-hybridized carbons (Fsp3) is 0.0556. The summed E-state index contributed by atoms with van der Waals surface area (Å²) in [5.41, 5.74) is 1.02. The zero-order valence-electron chi connectivity index (χ0n) is 13.4. The molecule has 0 unspecified atom stereocenters. The predicted molar refractivity (Wildman–Crippen MR) is 97.4 cm³/mol. The molecule has 26 heavy (non-hydrogen) atoms. The molecule has 2 heterocycles. The van der Waals surface area contributed by atoms with Crippen LogP contribution in [0.1, 0.15) is 10.4 Å². The van der Waals surface area contributed by atoms with Crippen molar-refractivity contribution in [2.45, 2.75) is 0 Å². The van der Waals surface area contributed by atoms with Crippen molar-refractivity contribution in [3.05, 3.63) is 62.9 Å². The molecule has 2 aromatic rings. The van der Waals surface area contributed by atoms with Crippen molar-refractivity contribution in [2.24, 2.45) is 0 Å². The molecule has 8 heteroatoms. The van der Waals surface area contributed by atoms with E-state index in [2.05, 4.69) is 21.0 Å². The van der Waals surface area contributed by atoms with Crippen LogP contribution in [0.4, 0.5) is 0 Å². The Morgan fingerprint density at radius 2 is 1.96 bits per heavy atom. The van der Waals surface area contributed by atoms with Gasteiger partial charge in [0, 0.05) is 9.86 Å². The zero-order chi connectivity index (χ0) is 18.4. The van der Waals surface area contributed by atoms with E-state index in [-0.39, 0.29) is 17.0 Å². The third-order valence-corrected chi connectivity index (χ3v) is 4.43. The summed E-state index contributed by atoms with van der Waals surface area (Å²) in [6.45, 7) is 0. The number of halogens is 1. The van der Waals surface area contributed by atoms with Crippen LogP contribution in [-0.2, 0) is 0 Å². The van der Waals surface area contributed by atoms with E-state index in [9.17, 15) is 9.59 Å². The van der Waals surface area contributed by atoms with Crippen molar-refractivity contribution in [1.82, 2.24) is 9.78 Å². The molecule has 0 aliphatic carbocycles. The van der Waals surface area contributed by atoms with Gasteiger partial charge in [-0.05, 0) is 42.5 Å². The largest absolute Gasteiger partial charge is 0.493 e. The molecular weight excluding hydrogens is 404 g/mol. The summed E-state index contributed by atoms with van der Waals surface area (Å²) in [5.74, 6) is -0.349. The van der Waals surface area contributed by atoms with E-state index in [4.69, 9.17) is 14.3 Å². The van der Waals surface area contributed by atoms with Gasteiger partial charge in [0.15, 0.2) is 11.3 Å². The van der Waals surface area contributed by atoms with Crippen molar-refractivity contribution in [3.63, 3.8) is 0 Å². The van der Waals surface area contributed by atoms with Gasteiger partial charge in [0.2, 0.25) is 5.89 Å². The highest BCUT2D eigenvalue weighted by atomic mass is 79.9. The first-order valence-electron chi connectivity index (χ1n) is 7.52. The summed E-state index contributed by atoms with van der Waals surface area (Å²) in [6.07, 6.45) is 0. The molecule has 2 aliphatic heterocycles. The number of carboxylic acid groups (broad SMARTS) is 1. The van der Waals surface area contributed by atoms with Gasteiger partial charge in [0.05, 0.1) is 18.4 Å². The van der Waals surface area contributed by atoms with E-state index in [1.54, 1.807) is 12.1 Å². The predicted octanol–water partition coefficient (Wildman–Crippen LogP) is 3.55. The van der Waals surface area contributed by atoms with Gasteiger partial charge in [-0.15, -0.1) is 5.10 Å². The van der Waals surface area contributed by atoms with Crippen molar-refractivity contribution in [1.29, 1.82) is 0 Å². The van der Waals surface area contributed by atoms with Crippen LogP contribution in [0.15, 0.2) is 56.1 Å². The number of carbonyl (C=O) groups is 1. The van der Waals surface area contributed by atoms with Crippen molar-refractivity contribution >= 4 is 32.9 Å². The van der Waals surface area contributed by atoms with Crippen LogP contribution in [0.25, 0.3) is 28.1 Å². The molecule has 0 atom stereocenters. The van der Waals surface area contributed by atoms with Gasteiger partial charge in [-0.3, -0.25) is 4.79 Å².